The van der Waals surface area contributed by atoms with Gasteiger partial charge < -0.3 is 9.13 Å². The van der Waals surface area contributed by atoms with Crippen LogP contribution in [0.3, 0.4) is 0 Å². The Bertz CT molecular complexity index is 3600. The highest BCUT2D eigenvalue weighted by Crippen LogP contribution is 2.54. The van der Waals surface area contributed by atoms with Crippen LogP contribution >= 0.6 is 0 Å². The zero-order chi connectivity index (χ0) is 40.8. The summed E-state index contributed by atoms with van der Waals surface area (Å²) in [6, 6.07) is 68.2. The lowest BCUT2D eigenvalue weighted by atomic mass is 9.88. The molecule has 0 saturated carbocycles. The summed E-state index contributed by atoms with van der Waals surface area (Å²) < 4.78 is 40.8. The predicted molar refractivity (Wildman–Crippen MR) is 245 cm³/mol. The molecule has 3 heterocycles. The van der Waals surface area contributed by atoms with E-state index in [1.54, 1.807) is 18.2 Å². The fraction of sp³-hybridized carbons (Fsp3) is 0.0179. The van der Waals surface area contributed by atoms with Crippen LogP contribution in [0.1, 0.15) is 16.7 Å². The summed E-state index contributed by atoms with van der Waals surface area (Å²) in [4.78, 5) is 0. The Kier molecular flexibility index (Phi) is 7.57. The third-order valence-electron chi connectivity index (χ3n) is 12.4. The van der Waals surface area contributed by atoms with Crippen molar-refractivity contribution in [1.29, 1.82) is 5.26 Å². The SMILES string of the molecule is N#Cc1cc(-n2c3ccc(-c4ccccc4)cc3c3ccc(-c4ccccc4)cc32)c2c(c1)-n1c3cc(-c4ccccc4)ccc3c3cc(-c4ccccc4)cc(c31)C2(F)F. The lowest BCUT2D eigenvalue weighted by molar-refractivity contribution is 0.0427. The van der Waals surface area contributed by atoms with Crippen molar-refractivity contribution in [2.45, 2.75) is 5.92 Å². The minimum absolute atomic E-state index is 0.0723. The number of alkyl halides is 2. The van der Waals surface area contributed by atoms with Gasteiger partial charge in [0.2, 0.25) is 0 Å². The van der Waals surface area contributed by atoms with E-state index in [9.17, 15) is 5.26 Å². The second kappa shape index (κ2) is 13.2. The van der Waals surface area contributed by atoms with E-state index in [1.807, 2.05) is 106 Å². The Balaban J connectivity index is 1.22. The van der Waals surface area contributed by atoms with E-state index in [2.05, 4.69) is 91.0 Å². The largest absolute Gasteiger partial charge is 0.309 e. The molecule has 0 unspecified atom stereocenters. The first-order valence-corrected chi connectivity index (χ1v) is 20.4. The van der Waals surface area contributed by atoms with E-state index in [0.29, 0.717) is 22.3 Å². The molecule has 1 aliphatic rings. The van der Waals surface area contributed by atoms with Gasteiger partial charge in [0.15, 0.2) is 0 Å². The highest BCUT2D eigenvalue weighted by molar-refractivity contribution is 6.15. The molecule has 61 heavy (non-hydrogen) atoms. The molecule has 5 heteroatoms. The lowest BCUT2D eigenvalue weighted by Gasteiger charge is -2.31. The number of rotatable bonds is 5. The van der Waals surface area contributed by atoms with Gasteiger partial charge in [-0.15, -0.1) is 0 Å². The highest BCUT2D eigenvalue weighted by atomic mass is 19.3. The predicted octanol–water partition coefficient (Wildman–Crippen LogP) is 14.9. The maximum atomic E-state index is 18.4. The van der Waals surface area contributed by atoms with E-state index in [-0.39, 0.29) is 16.8 Å². The molecule has 0 saturated heterocycles. The normalized spacial score (nSPS) is 12.9. The topological polar surface area (TPSA) is 33.6 Å². The van der Waals surface area contributed by atoms with Gasteiger partial charge in [0.05, 0.1) is 56.2 Å². The number of nitriles is 1. The summed E-state index contributed by atoms with van der Waals surface area (Å²) in [5, 5.41) is 14.2. The van der Waals surface area contributed by atoms with Gasteiger partial charge in [0, 0.05) is 21.5 Å². The van der Waals surface area contributed by atoms with Crippen LogP contribution in [-0.4, -0.2) is 9.13 Å². The van der Waals surface area contributed by atoms with Crippen LogP contribution in [0.5, 0.6) is 0 Å². The molecule has 0 bridgehead atoms. The van der Waals surface area contributed by atoms with Gasteiger partial charge in [-0.25, -0.2) is 0 Å². The van der Waals surface area contributed by atoms with Crippen molar-refractivity contribution in [3.63, 3.8) is 0 Å². The monoisotopic (exact) mass is 785 g/mol. The first-order chi connectivity index (χ1) is 30.0. The average molecular weight is 786 g/mol. The Morgan fingerprint density at radius 2 is 0.820 bits per heavy atom. The highest BCUT2D eigenvalue weighted by Gasteiger charge is 2.46. The molecular weight excluding hydrogens is 753 g/mol. The van der Waals surface area contributed by atoms with Gasteiger partial charge in [-0.2, -0.15) is 14.0 Å². The van der Waals surface area contributed by atoms with Gasteiger partial charge >= 0.3 is 5.92 Å². The summed E-state index contributed by atoms with van der Waals surface area (Å²) in [6.07, 6.45) is 0. The van der Waals surface area contributed by atoms with Crippen molar-refractivity contribution in [1.82, 2.24) is 9.13 Å². The summed E-state index contributed by atoms with van der Waals surface area (Å²) >= 11 is 0. The van der Waals surface area contributed by atoms with Crippen molar-refractivity contribution in [3.05, 3.63) is 217 Å². The number of halogens is 2. The molecular formula is C56H33F2N3. The summed E-state index contributed by atoms with van der Waals surface area (Å²) in [7, 11) is 0. The first-order valence-electron chi connectivity index (χ1n) is 20.4. The molecule has 9 aromatic carbocycles. The van der Waals surface area contributed by atoms with E-state index in [4.69, 9.17) is 0 Å². The minimum atomic E-state index is -3.47. The van der Waals surface area contributed by atoms with Gasteiger partial charge in [0.25, 0.3) is 0 Å². The summed E-state index contributed by atoms with van der Waals surface area (Å²) in [5.74, 6) is -3.47. The molecule has 2 aromatic heterocycles. The average Bonchev–Trinajstić information content (AvgIpc) is 3.83. The minimum Gasteiger partial charge on any atom is -0.309 e. The standard InChI is InChI=1S/C56H33F2N3/c57-56(58)48-31-43(39-19-11-4-12-20-39)30-47-45-25-22-42(38-17-9-3-10-18-38)33-51(45)61(55(47)48)53-28-35(34-59)27-52(54(53)56)60-49-26-23-40(36-13-5-1-6-14-36)29-46(49)44-24-21-41(32-50(44)60)37-15-7-2-8-16-37/h1-33H. The smallest absolute Gasteiger partial charge is 0.304 e. The Morgan fingerprint density at radius 1 is 0.377 bits per heavy atom. The van der Waals surface area contributed by atoms with E-state index in [0.717, 1.165) is 77.0 Å². The van der Waals surface area contributed by atoms with Crippen molar-refractivity contribution in [3.8, 4) is 62.0 Å². The Morgan fingerprint density at radius 3 is 1.36 bits per heavy atom. The van der Waals surface area contributed by atoms with Gasteiger partial charge in [-0.3, -0.25) is 0 Å². The van der Waals surface area contributed by atoms with Crippen LogP contribution in [0.2, 0.25) is 0 Å². The fourth-order valence-electron chi connectivity index (χ4n) is 9.63. The molecule has 0 atom stereocenters. The number of benzene rings is 9. The van der Waals surface area contributed by atoms with Crippen molar-refractivity contribution < 1.29 is 8.78 Å². The maximum absolute atomic E-state index is 18.4. The molecule has 1 aliphatic heterocycles. The maximum Gasteiger partial charge on any atom is 0.304 e. The van der Waals surface area contributed by atoms with Crippen LogP contribution in [0, 0.1) is 11.3 Å². The lowest BCUT2D eigenvalue weighted by Crippen LogP contribution is -2.26. The van der Waals surface area contributed by atoms with Crippen LogP contribution in [0.15, 0.2) is 200 Å². The molecule has 0 radical (unpaired) electrons. The van der Waals surface area contributed by atoms with E-state index >= 15 is 8.78 Å². The zero-order valence-corrected chi connectivity index (χ0v) is 32.7. The molecule has 286 valence electrons. The molecule has 0 aliphatic carbocycles. The van der Waals surface area contributed by atoms with Crippen LogP contribution in [0.25, 0.3) is 99.5 Å². The van der Waals surface area contributed by atoms with Crippen molar-refractivity contribution >= 4 is 43.6 Å². The number of fused-ring (bicyclic) bond motifs is 8. The first kappa shape index (κ1) is 34.9. The number of hydrogen-bond acceptors (Lipinski definition) is 1. The Hall–Kier alpha value is -8.07. The second-order valence-corrected chi connectivity index (χ2v) is 15.8. The molecule has 12 rings (SSSR count). The number of nitrogens with zero attached hydrogens (tertiary/aromatic N) is 3. The van der Waals surface area contributed by atoms with E-state index < -0.39 is 5.92 Å². The van der Waals surface area contributed by atoms with Gasteiger partial charge in [0.1, 0.15) is 0 Å². The number of aromatic nitrogens is 2. The van der Waals surface area contributed by atoms with Crippen LogP contribution in [0.4, 0.5) is 8.78 Å². The second-order valence-electron chi connectivity index (χ2n) is 15.8. The van der Waals surface area contributed by atoms with Crippen LogP contribution in [-0.2, 0) is 5.92 Å². The summed E-state index contributed by atoms with van der Waals surface area (Å²) in [5.41, 5.74) is 11.0. The van der Waals surface area contributed by atoms with Gasteiger partial charge in [-0.05, 0) is 93.0 Å². The third kappa shape index (κ3) is 5.26. The molecule has 3 nitrogen and oxygen atoms in total. The third-order valence-corrected chi connectivity index (χ3v) is 12.4. The van der Waals surface area contributed by atoms with Gasteiger partial charge in [-0.1, -0.05) is 152 Å². The van der Waals surface area contributed by atoms with Crippen molar-refractivity contribution in [2.24, 2.45) is 0 Å². The molecule has 0 amide bonds. The quantitative estimate of drug-likeness (QED) is 0.171. The molecule has 0 spiro atoms. The zero-order valence-electron chi connectivity index (χ0n) is 32.7. The Labute approximate surface area is 350 Å². The fourth-order valence-corrected chi connectivity index (χ4v) is 9.63. The van der Waals surface area contributed by atoms with Crippen molar-refractivity contribution in [2.75, 3.05) is 0 Å². The summed E-state index contributed by atoms with van der Waals surface area (Å²) in [6.45, 7) is 0. The van der Waals surface area contributed by atoms with Crippen LogP contribution < -0.4 is 0 Å². The molecule has 11 aromatic rings. The molecule has 0 fully saturated rings. The number of hydrogen-bond donors (Lipinski definition) is 0. The van der Waals surface area contributed by atoms with E-state index in [1.165, 1.54) is 0 Å². The molecule has 0 N–H and O–H groups in total.